The van der Waals surface area contributed by atoms with Gasteiger partial charge in [-0.3, -0.25) is 14.7 Å². The van der Waals surface area contributed by atoms with Crippen molar-refractivity contribution in [3.63, 3.8) is 0 Å². The van der Waals surface area contributed by atoms with Crippen LogP contribution in [0.1, 0.15) is 12.5 Å². The van der Waals surface area contributed by atoms with Crippen LogP contribution in [-0.4, -0.2) is 49.9 Å². The van der Waals surface area contributed by atoms with Gasteiger partial charge in [0.2, 0.25) is 5.82 Å². The molecule has 0 saturated carbocycles. The van der Waals surface area contributed by atoms with Crippen LogP contribution in [0.4, 0.5) is 10.5 Å². The van der Waals surface area contributed by atoms with E-state index in [0.29, 0.717) is 22.6 Å². The Morgan fingerprint density at radius 1 is 1.17 bits per heavy atom. The zero-order chi connectivity index (χ0) is 20.4. The zero-order valence-electron chi connectivity index (χ0n) is 15.4. The number of nitrogens with zero attached hydrogens (tertiary/aromatic N) is 5. The van der Waals surface area contributed by atoms with Crippen molar-refractivity contribution in [2.24, 2.45) is 4.99 Å². The van der Waals surface area contributed by atoms with E-state index < -0.39 is 29.9 Å². The molecule has 1 aliphatic heterocycles. The van der Waals surface area contributed by atoms with E-state index in [4.69, 9.17) is 0 Å². The summed E-state index contributed by atoms with van der Waals surface area (Å²) in [5, 5.41) is 28.7. The van der Waals surface area contributed by atoms with Crippen molar-refractivity contribution < 1.29 is 14.7 Å². The number of urea groups is 1. The summed E-state index contributed by atoms with van der Waals surface area (Å²) in [5.41, 5.74) is 0.393. The summed E-state index contributed by atoms with van der Waals surface area (Å²) in [6, 6.07) is 14.9. The summed E-state index contributed by atoms with van der Waals surface area (Å²) >= 11 is 0. The largest absolute Gasteiger partial charge is 0.860 e. The molecule has 2 N–H and O–H groups in total. The first-order valence-corrected chi connectivity index (χ1v) is 8.75. The summed E-state index contributed by atoms with van der Waals surface area (Å²) in [6.07, 6.45) is 0. The fourth-order valence-corrected chi connectivity index (χ4v) is 3.12. The van der Waals surface area contributed by atoms with E-state index in [-0.39, 0.29) is 0 Å². The second-order valence-electron chi connectivity index (χ2n) is 6.60. The smallest absolute Gasteiger partial charge is 0.325 e. The van der Waals surface area contributed by atoms with Crippen LogP contribution in [0.25, 0.3) is 11.4 Å². The lowest BCUT2D eigenvalue weighted by molar-refractivity contribution is -0.218. The number of nitrogens with one attached hydrogen (secondary N) is 2. The van der Waals surface area contributed by atoms with E-state index in [1.165, 1.54) is 0 Å². The summed E-state index contributed by atoms with van der Waals surface area (Å²) in [5.74, 6) is -0.768. The monoisotopic (exact) mass is 390 g/mol. The molecule has 3 amide bonds. The standard InChI is InChI=1S/C19H17N7O3/c1-19(13-7-3-2-4-8-13)17(28)26(18(29)21-19)11-15(27)20-14-9-5-6-12(10-14)16-22-24-25-23-16/h2-10H,11H2,1H3,(H,20,27)(H,21,29)(H,22,23,24,25)/p-1/t19-/m0/s1. The predicted octanol–water partition coefficient (Wildman–Crippen LogP) is 0.724. The van der Waals surface area contributed by atoms with E-state index >= 15 is 0 Å². The Hall–Kier alpha value is -4.08. The molecule has 1 saturated heterocycles. The average molecular weight is 390 g/mol. The second-order valence-corrected chi connectivity index (χ2v) is 6.60. The van der Waals surface area contributed by atoms with E-state index in [2.05, 4.69) is 30.9 Å². The number of benzene rings is 2. The van der Waals surface area contributed by atoms with Gasteiger partial charge >= 0.3 is 6.03 Å². The maximum absolute atomic E-state index is 12.9. The van der Waals surface area contributed by atoms with E-state index in [0.717, 1.165) is 4.90 Å². The van der Waals surface area contributed by atoms with Crippen molar-refractivity contribution in [3.05, 3.63) is 60.2 Å². The lowest BCUT2D eigenvalue weighted by Gasteiger charge is -2.23. The molecule has 0 spiro atoms. The molecular formula is C19H16N7O3-. The highest BCUT2D eigenvalue weighted by molar-refractivity contribution is 6.09. The van der Waals surface area contributed by atoms with Gasteiger partial charge in [0, 0.05) is 5.56 Å². The molecule has 146 valence electrons. The molecule has 0 aliphatic carbocycles. The topological polar surface area (TPSA) is 139 Å². The van der Waals surface area contributed by atoms with Crippen LogP contribution in [0.3, 0.4) is 0 Å². The van der Waals surface area contributed by atoms with Crippen LogP contribution in [0.2, 0.25) is 0 Å². The lowest BCUT2D eigenvalue weighted by atomic mass is 9.92. The molecule has 3 aromatic rings. The van der Waals surface area contributed by atoms with Gasteiger partial charge in [-0.2, -0.15) is 5.21 Å². The van der Waals surface area contributed by atoms with Gasteiger partial charge in [0.25, 0.3) is 5.91 Å². The Morgan fingerprint density at radius 2 is 1.97 bits per heavy atom. The van der Waals surface area contributed by atoms with Crippen LogP contribution >= 0.6 is 0 Å². The SMILES string of the molecule is C[C@@]1(c2ccccc2)NC(=O)N(CC([O-])=Nc2cccc(-c3nn[nH]n3)c2)C1=O. The molecule has 1 fully saturated rings. The van der Waals surface area contributed by atoms with Gasteiger partial charge in [-0.25, -0.2) is 4.79 Å². The van der Waals surface area contributed by atoms with Gasteiger partial charge in [-0.15, -0.1) is 10.2 Å². The molecular weight excluding hydrogens is 374 g/mol. The molecule has 29 heavy (non-hydrogen) atoms. The minimum absolute atomic E-state index is 0.357. The maximum Gasteiger partial charge on any atom is 0.325 e. The number of hydrogen-bond acceptors (Lipinski definition) is 7. The number of carbonyl (C=O) groups excluding carboxylic acids is 2. The first kappa shape index (κ1) is 18.3. The van der Waals surface area contributed by atoms with Gasteiger partial charge < -0.3 is 10.4 Å². The molecule has 0 bridgehead atoms. The Labute approximate surface area is 165 Å². The Bertz CT molecular complexity index is 1080. The molecule has 10 heteroatoms. The van der Waals surface area contributed by atoms with Crippen molar-refractivity contribution in [2.45, 2.75) is 12.5 Å². The highest BCUT2D eigenvalue weighted by Gasteiger charge is 2.48. The van der Waals surface area contributed by atoms with E-state index in [9.17, 15) is 14.7 Å². The first-order chi connectivity index (χ1) is 14.0. The average Bonchev–Trinajstić information content (AvgIpc) is 3.33. The van der Waals surface area contributed by atoms with Crippen LogP contribution in [0.15, 0.2) is 59.6 Å². The summed E-state index contributed by atoms with van der Waals surface area (Å²) in [6.45, 7) is 1.15. The zero-order valence-corrected chi connectivity index (χ0v) is 15.4. The minimum atomic E-state index is -1.23. The molecule has 0 unspecified atom stereocenters. The molecule has 1 aliphatic rings. The first-order valence-electron chi connectivity index (χ1n) is 8.75. The predicted molar refractivity (Wildman–Crippen MR) is 101 cm³/mol. The van der Waals surface area contributed by atoms with Crippen molar-refractivity contribution in [1.29, 1.82) is 0 Å². The van der Waals surface area contributed by atoms with E-state index in [1.807, 2.05) is 6.07 Å². The van der Waals surface area contributed by atoms with Crippen LogP contribution in [0.5, 0.6) is 0 Å². The highest BCUT2D eigenvalue weighted by Crippen LogP contribution is 2.28. The molecule has 4 rings (SSSR count). The normalized spacial score (nSPS) is 19.5. The molecule has 1 aromatic heterocycles. The number of hydrogen-bond donors (Lipinski definition) is 2. The van der Waals surface area contributed by atoms with Crippen molar-refractivity contribution in [2.75, 3.05) is 6.54 Å². The number of H-pyrrole nitrogens is 1. The van der Waals surface area contributed by atoms with Crippen LogP contribution < -0.4 is 10.4 Å². The number of aliphatic imine (C=N–C) groups is 1. The summed E-state index contributed by atoms with van der Waals surface area (Å²) in [7, 11) is 0. The molecule has 2 aromatic carbocycles. The number of carbonyl (C=O) groups is 2. The molecule has 10 nitrogen and oxygen atoms in total. The molecule has 2 heterocycles. The highest BCUT2D eigenvalue weighted by atomic mass is 16.3. The fraction of sp³-hybridized carbons (Fsp3) is 0.158. The van der Waals surface area contributed by atoms with Crippen molar-refractivity contribution in [1.82, 2.24) is 30.8 Å². The Kier molecular flexibility index (Phi) is 4.51. The molecule has 1 atom stereocenters. The maximum atomic E-state index is 12.9. The van der Waals surface area contributed by atoms with Gasteiger partial charge in [-0.05, 0) is 35.7 Å². The summed E-state index contributed by atoms with van der Waals surface area (Å²) in [4.78, 5) is 30.1. The number of aromatic amines is 1. The third kappa shape index (κ3) is 3.43. The fourth-order valence-electron chi connectivity index (χ4n) is 3.12. The number of amides is 3. The third-order valence-electron chi connectivity index (χ3n) is 4.62. The number of imide groups is 1. The number of aromatic nitrogens is 4. The number of rotatable bonds is 5. The Morgan fingerprint density at radius 3 is 2.69 bits per heavy atom. The summed E-state index contributed by atoms with van der Waals surface area (Å²) < 4.78 is 0. The van der Waals surface area contributed by atoms with Gasteiger partial charge in [0.15, 0.2) is 0 Å². The third-order valence-corrected chi connectivity index (χ3v) is 4.62. The van der Waals surface area contributed by atoms with E-state index in [1.54, 1.807) is 55.5 Å². The van der Waals surface area contributed by atoms with Crippen molar-refractivity contribution >= 4 is 23.5 Å². The van der Waals surface area contributed by atoms with Crippen LogP contribution in [-0.2, 0) is 10.3 Å². The lowest BCUT2D eigenvalue weighted by Crippen LogP contribution is -2.42. The van der Waals surface area contributed by atoms with Gasteiger partial charge in [0.05, 0.1) is 12.2 Å². The van der Waals surface area contributed by atoms with Crippen LogP contribution in [0, 0.1) is 0 Å². The quantitative estimate of drug-likeness (QED) is 0.374. The molecule has 0 radical (unpaired) electrons. The second kappa shape index (κ2) is 7.15. The number of tetrazole rings is 1. The minimum Gasteiger partial charge on any atom is -0.860 e. The Balaban J connectivity index is 1.54. The van der Waals surface area contributed by atoms with Gasteiger partial charge in [0.1, 0.15) is 5.54 Å². The van der Waals surface area contributed by atoms with Gasteiger partial charge in [-0.1, -0.05) is 42.5 Å². The van der Waals surface area contributed by atoms with Crippen molar-refractivity contribution in [3.8, 4) is 11.4 Å².